The molecule has 2 aromatic carbocycles. The Morgan fingerprint density at radius 3 is 2.10 bits per heavy atom. The predicted molar refractivity (Wildman–Crippen MR) is 81.1 cm³/mol. The lowest BCUT2D eigenvalue weighted by molar-refractivity contribution is -0.136. The maximum absolute atomic E-state index is 10.6. The molecule has 0 heterocycles. The summed E-state index contributed by atoms with van der Waals surface area (Å²) in [6, 6.07) is 16.1. The van der Waals surface area contributed by atoms with Crippen molar-refractivity contribution in [3.8, 4) is 0 Å². The predicted octanol–water partition coefficient (Wildman–Crippen LogP) is 3.26. The van der Waals surface area contributed by atoms with E-state index in [1.807, 2.05) is 31.3 Å². The van der Waals surface area contributed by atoms with Crippen LogP contribution in [0.15, 0.2) is 48.5 Å². The highest BCUT2D eigenvalue weighted by Crippen LogP contribution is 2.17. The van der Waals surface area contributed by atoms with Crippen molar-refractivity contribution in [2.24, 2.45) is 0 Å². The second kappa shape index (κ2) is 6.24. The number of rotatable bonds is 5. The van der Waals surface area contributed by atoms with Crippen molar-refractivity contribution in [3.63, 3.8) is 0 Å². The molecule has 20 heavy (non-hydrogen) atoms. The number of benzene rings is 2. The summed E-state index contributed by atoms with van der Waals surface area (Å²) in [6.45, 7) is 2.91. The highest BCUT2D eigenvalue weighted by atomic mass is 16.4. The molecule has 104 valence electrons. The smallest absolute Gasteiger partial charge is 0.307 e. The second-order valence-corrected chi connectivity index (χ2v) is 5.08. The van der Waals surface area contributed by atoms with Crippen molar-refractivity contribution in [3.05, 3.63) is 65.2 Å². The molecule has 0 bridgehead atoms. The quantitative estimate of drug-likeness (QED) is 0.905. The fourth-order valence-electron chi connectivity index (χ4n) is 2.10. The molecule has 0 amide bonds. The van der Waals surface area contributed by atoms with Gasteiger partial charge >= 0.3 is 5.97 Å². The molecule has 0 atom stereocenters. The fourth-order valence-corrected chi connectivity index (χ4v) is 2.10. The summed E-state index contributed by atoms with van der Waals surface area (Å²) in [6.07, 6.45) is 0.0714. The molecule has 0 aliphatic rings. The highest BCUT2D eigenvalue weighted by Gasteiger charge is 2.04. The van der Waals surface area contributed by atoms with Crippen LogP contribution in [0.25, 0.3) is 0 Å². The summed E-state index contributed by atoms with van der Waals surface area (Å²) in [5.41, 5.74) is 4.42. The van der Waals surface area contributed by atoms with Gasteiger partial charge in [-0.2, -0.15) is 0 Å². The number of hydrogen-bond acceptors (Lipinski definition) is 2. The number of hydrogen-bond donors (Lipinski definition) is 1. The van der Waals surface area contributed by atoms with E-state index in [1.165, 1.54) is 11.1 Å². The normalized spacial score (nSPS) is 10.3. The molecule has 0 spiro atoms. The van der Waals surface area contributed by atoms with Crippen LogP contribution in [0.5, 0.6) is 0 Å². The Bertz CT molecular complexity index is 573. The third-order valence-corrected chi connectivity index (χ3v) is 3.27. The van der Waals surface area contributed by atoms with Gasteiger partial charge in [0.2, 0.25) is 0 Å². The Kier molecular flexibility index (Phi) is 4.41. The summed E-state index contributed by atoms with van der Waals surface area (Å²) in [7, 11) is 2.03. The van der Waals surface area contributed by atoms with E-state index in [-0.39, 0.29) is 6.42 Å². The third-order valence-electron chi connectivity index (χ3n) is 3.27. The first-order chi connectivity index (χ1) is 9.54. The number of carboxylic acid groups (broad SMARTS) is 1. The topological polar surface area (TPSA) is 40.5 Å². The lowest BCUT2D eigenvalue weighted by atomic mass is 10.1. The van der Waals surface area contributed by atoms with E-state index in [0.29, 0.717) is 0 Å². The fraction of sp³-hybridized carbons (Fsp3) is 0.235. The largest absolute Gasteiger partial charge is 0.481 e. The van der Waals surface area contributed by atoms with Crippen LogP contribution in [0, 0.1) is 6.92 Å². The molecule has 0 saturated carbocycles. The third kappa shape index (κ3) is 3.85. The van der Waals surface area contributed by atoms with Gasteiger partial charge in [0.15, 0.2) is 0 Å². The van der Waals surface area contributed by atoms with Crippen LogP contribution in [-0.2, 0) is 17.8 Å². The summed E-state index contributed by atoms with van der Waals surface area (Å²) in [5, 5.41) is 8.75. The lowest BCUT2D eigenvalue weighted by Gasteiger charge is -2.19. The monoisotopic (exact) mass is 269 g/mol. The number of carbonyl (C=O) groups is 1. The Hall–Kier alpha value is -2.29. The van der Waals surface area contributed by atoms with Crippen LogP contribution in [0.1, 0.15) is 16.7 Å². The highest BCUT2D eigenvalue weighted by molar-refractivity contribution is 5.70. The van der Waals surface area contributed by atoms with Crippen LogP contribution in [0.2, 0.25) is 0 Å². The van der Waals surface area contributed by atoms with E-state index in [9.17, 15) is 4.79 Å². The zero-order valence-corrected chi connectivity index (χ0v) is 11.8. The summed E-state index contributed by atoms with van der Waals surface area (Å²) in [5.74, 6) is -0.800. The standard InChI is InChI=1S/C17H19NO2/c1-13-3-5-15(6-4-13)12-18(2)16-9-7-14(8-10-16)11-17(19)20/h3-10H,11-12H2,1-2H3,(H,19,20). The van der Waals surface area contributed by atoms with Gasteiger partial charge < -0.3 is 10.0 Å². The molecule has 3 nitrogen and oxygen atoms in total. The van der Waals surface area contributed by atoms with Gasteiger partial charge in [-0.05, 0) is 30.2 Å². The molecule has 0 radical (unpaired) electrons. The number of carboxylic acids is 1. The van der Waals surface area contributed by atoms with E-state index in [1.54, 1.807) is 0 Å². The molecule has 2 rings (SSSR count). The first-order valence-electron chi connectivity index (χ1n) is 6.62. The molecule has 0 saturated heterocycles. The Morgan fingerprint density at radius 1 is 1.00 bits per heavy atom. The van der Waals surface area contributed by atoms with Gasteiger partial charge in [0.05, 0.1) is 6.42 Å². The number of aryl methyl sites for hydroxylation is 1. The van der Waals surface area contributed by atoms with E-state index < -0.39 is 5.97 Å². The minimum Gasteiger partial charge on any atom is -0.481 e. The Morgan fingerprint density at radius 2 is 1.55 bits per heavy atom. The summed E-state index contributed by atoms with van der Waals surface area (Å²) in [4.78, 5) is 12.8. The molecule has 0 aliphatic heterocycles. The molecule has 0 fully saturated rings. The number of nitrogens with zero attached hydrogens (tertiary/aromatic N) is 1. The van der Waals surface area contributed by atoms with E-state index in [4.69, 9.17) is 5.11 Å². The van der Waals surface area contributed by atoms with Crippen LogP contribution >= 0.6 is 0 Å². The van der Waals surface area contributed by atoms with Crippen LogP contribution in [0.3, 0.4) is 0 Å². The maximum atomic E-state index is 10.6. The molecule has 0 aliphatic carbocycles. The van der Waals surface area contributed by atoms with Gasteiger partial charge in [-0.1, -0.05) is 42.0 Å². The van der Waals surface area contributed by atoms with Gasteiger partial charge in [0.25, 0.3) is 0 Å². The average Bonchev–Trinajstić information content (AvgIpc) is 2.41. The van der Waals surface area contributed by atoms with Crippen molar-refractivity contribution in [1.29, 1.82) is 0 Å². The number of aliphatic carboxylic acids is 1. The van der Waals surface area contributed by atoms with E-state index >= 15 is 0 Å². The average molecular weight is 269 g/mol. The minimum absolute atomic E-state index is 0.0714. The molecule has 3 heteroatoms. The Labute approximate surface area is 119 Å². The summed E-state index contributed by atoms with van der Waals surface area (Å²) < 4.78 is 0. The van der Waals surface area contributed by atoms with Crippen molar-refractivity contribution >= 4 is 11.7 Å². The van der Waals surface area contributed by atoms with Crippen molar-refractivity contribution < 1.29 is 9.90 Å². The maximum Gasteiger partial charge on any atom is 0.307 e. The molecule has 1 N–H and O–H groups in total. The van der Waals surface area contributed by atoms with Crippen molar-refractivity contribution in [2.75, 3.05) is 11.9 Å². The summed E-state index contributed by atoms with van der Waals surface area (Å²) >= 11 is 0. The van der Waals surface area contributed by atoms with Crippen LogP contribution in [0.4, 0.5) is 5.69 Å². The van der Waals surface area contributed by atoms with Gasteiger partial charge in [0.1, 0.15) is 0 Å². The molecular weight excluding hydrogens is 250 g/mol. The zero-order chi connectivity index (χ0) is 14.5. The van der Waals surface area contributed by atoms with Gasteiger partial charge in [0, 0.05) is 19.3 Å². The lowest BCUT2D eigenvalue weighted by Crippen LogP contribution is -2.16. The number of anilines is 1. The van der Waals surface area contributed by atoms with Gasteiger partial charge in [-0.3, -0.25) is 4.79 Å². The minimum atomic E-state index is -0.800. The van der Waals surface area contributed by atoms with Gasteiger partial charge in [-0.25, -0.2) is 0 Å². The van der Waals surface area contributed by atoms with Crippen LogP contribution < -0.4 is 4.90 Å². The van der Waals surface area contributed by atoms with Crippen LogP contribution in [-0.4, -0.2) is 18.1 Å². The first kappa shape index (κ1) is 14.1. The molecular formula is C17H19NO2. The van der Waals surface area contributed by atoms with Crippen molar-refractivity contribution in [1.82, 2.24) is 0 Å². The SMILES string of the molecule is Cc1ccc(CN(C)c2ccc(CC(=O)O)cc2)cc1. The van der Waals surface area contributed by atoms with E-state index in [2.05, 4.69) is 36.1 Å². The second-order valence-electron chi connectivity index (χ2n) is 5.08. The molecule has 0 unspecified atom stereocenters. The Balaban J connectivity index is 2.03. The molecule has 2 aromatic rings. The van der Waals surface area contributed by atoms with Gasteiger partial charge in [-0.15, -0.1) is 0 Å². The molecule has 0 aromatic heterocycles. The van der Waals surface area contributed by atoms with E-state index in [0.717, 1.165) is 17.8 Å². The van der Waals surface area contributed by atoms with Crippen molar-refractivity contribution in [2.45, 2.75) is 19.9 Å². The zero-order valence-electron chi connectivity index (χ0n) is 11.8. The first-order valence-corrected chi connectivity index (χ1v) is 6.62.